The van der Waals surface area contributed by atoms with Crippen molar-refractivity contribution in [2.75, 3.05) is 13.6 Å². The average Bonchev–Trinajstić information content (AvgIpc) is 3.35. The molecule has 1 heterocycles. The molecule has 6 nitrogen and oxygen atoms in total. The summed E-state index contributed by atoms with van der Waals surface area (Å²) in [6.07, 6.45) is 11.5. The maximum absolute atomic E-state index is 4.30. The van der Waals surface area contributed by atoms with Gasteiger partial charge in [0.15, 0.2) is 5.96 Å². The summed E-state index contributed by atoms with van der Waals surface area (Å²) >= 11 is 0. The van der Waals surface area contributed by atoms with Crippen LogP contribution in [0.4, 0.5) is 0 Å². The van der Waals surface area contributed by atoms with Crippen LogP contribution in [0.1, 0.15) is 44.1 Å². The number of hydrogen-bond donors (Lipinski definition) is 2. The van der Waals surface area contributed by atoms with Crippen molar-refractivity contribution in [2.24, 2.45) is 10.9 Å². The van der Waals surface area contributed by atoms with Crippen molar-refractivity contribution in [3.8, 4) is 5.69 Å². The SMILES string of the molecule is CN=C(NCCCC1CCCC1)NCc1ccc(-n2cncn2)cc1. The molecule has 0 saturated heterocycles. The minimum atomic E-state index is 0.750. The van der Waals surface area contributed by atoms with Crippen LogP contribution in [0.15, 0.2) is 41.9 Å². The average molecular weight is 340 g/mol. The predicted molar refractivity (Wildman–Crippen MR) is 101 cm³/mol. The molecule has 1 saturated carbocycles. The molecule has 0 radical (unpaired) electrons. The summed E-state index contributed by atoms with van der Waals surface area (Å²) in [5, 5.41) is 10.9. The van der Waals surface area contributed by atoms with Crippen molar-refractivity contribution in [1.82, 2.24) is 25.4 Å². The molecule has 1 aromatic heterocycles. The van der Waals surface area contributed by atoms with Crippen LogP contribution in [0, 0.1) is 5.92 Å². The van der Waals surface area contributed by atoms with Gasteiger partial charge in [0.05, 0.1) is 5.69 Å². The Morgan fingerprint density at radius 1 is 1.20 bits per heavy atom. The molecule has 0 amide bonds. The fraction of sp³-hybridized carbons (Fsp3) is 0.526. The van der Waals surface area contributed by atoms with Crippen molar-refractivity contribution in [1.29, 1.82) is 0 Å². The van der Waals surface area contributed by atoms with Crippen molar-refractivity contribution in [3.63, 3.8) is 0 Å². The standard InChI is InChI=1S/C19H28N6/c1-20-19(22-12-4-7-16-5-2-3-6-16)23-13-17-8-10-18(11-9-17)25-15-21-14-24-25/h8-11,14-16H,2-7,12-13H2,1H3,(H2,20,22,23). The van der Waals surface area contributed by atoms with Gasteiger partial charge in [-0.3, -0.25) is 4.99 Å². The zero-order chi connectivity index (χ0) is 17.3. The second-order valence-electron chi connectivity index (χ2n) is 6.65. The number of aromatic nitrogens is 3. The lowest BCUT2D eigenvalue weighted by Gasteiger charge is -2.13. The summed E-state index contributed by atoms with van der Waals surface area (Å²) < 4.78 is 1.75. The molecule has 1 aliphatic rings. The summed E-state index contributed by atoms with van der Waals surface area (Å²) in [5.41, 5.74) is 2.22. The van der Waals surface area contributed by atoms with E-state index in [2.05, 4.69) is 37.8 Å². The van der Waals surface area contributed by atoms with Crippen molar-refractivity contribution < 1.29 is 0 Å². The van der Waals surface area contributed by atoms with Gasteiger partial charge in [0, 0.05) is 20.1 Å². The summed E-state index contributed by atoms with van der Waals surface area (Å²) in [6.45, 7) is 1.74. The Bertz CT molecular complexity index is 641. The molecule has 2 aromatic rings. The number of nitrogens with one attached hydrogen (secondary N) is 2. The van der Waals surface area contributed by atoms with Crippen molar-refractivity contribution in [3.05, 3.63) is 42.5 Å². The van der Waals surface area contributed by atoms with E-state index in [0.29, 0.717) is 0 Å². The Morgan fingerprint density at radius 3 is 2.68 bits per heavy atom. The molecule has 0 atom stereocenters. The molecule has 1 aliphatic carbocycles. The number of guanidine groups is 1. The first-order valence-electron chi connectivity index (χ1n) is 9.23. The van der Waals surface area contributed by atoms with Crippen LogP contribution in [0.3, 0.4) is 0 Å². The Morgan fingerprint density at radius 2 is 2.00 bits per heavy atom. The number of nitrogens with zero attached hydrogens (tertiary/aromatic N) is 4. The fourth-order valence-corrected chi connectivity index (χ4v) is 3.41. The zero-order valence-corrected chi connectivity index (χ0v) is 15.0. The van der Waals surface area contributed by atoms with Crippen molar-refractivity contribution >= 4 is 5.96 Å². The first kappa shape index (κ1) is 17.5. The predicted octanol–water partition coefficient (Wildman–Crippen LogP) is 2.90. The Hall–Kier alpha value is -2.37. The van der Waals surface area contributed by atoms with Gasteiger partial charge < -0.3 is 10.6 Å². The van der Waals surface area contributed by atoms with E-state index in [1.165, 1.54) is 50.4 Å². The minimum Gasteiger partial charge on any atom is -0.356 e. The van der Waals surface area contributed by atoms with E-state index >= 15 is 0 Å². The lowest BCUT2D eigenvalue weighted by atomic mass is 10.0. The van der Waals surface area contributed by atoms with Gasteiger partial charge in [-0.25, -0.2) is 9.67 Å². The maximum atomic E-state index is 4.30. The molecule has 1 aromatic carbocycles. The van der Waals surface area contributed by atoms with Gasteiger partial charge in [-0.15, -0.1) is 0 Å². The third kappa shape index (κ3) is 5.31. The molecular formula is C19H28N6. The molecule has 0 spiro atoms. The normalized spacial score (nSPS) is 15.5. The summed E-state index contributed by atoms with van der Waals surface area (Å²) in [6, 6.07) is 8.28. The first-order valence-corrected chi connectivity index (χ1v) is 9.23. The van der Waals surface area contributed by atoms with Gasteiger partial charge in [0.1, 0.15) is 12.7 Å². The monoisotopic (exact) mass is 340 g/mol. The third-order valence-electron chi connectivity index (χ3n) is 4.86. The van der Waals surface area contributed by atoms with E-state index in [9.17, 15) is 0 Å². The van der Waals surface area contributed by atoms with Gasteiger partial charge in [0.2, 0.25) is 0 Å². The minimum absolute atomic E-state index is 0.750. The van der Waals surface area contributed by atoms with Crippen LogP contribution in [0.25, 0.3) is 5.69 Å². The van der Waals surface area contributed by atoms with Crippen molar-refractivity contribution in [2.45, 2.75) is 45.1 Å². The highest BCUT2D eigenvalue weighted by atomic mass is 15.3. The largest absolute Gasteiger partial charge is 0.356 e. The Labute approximate surface area is 149 Å². The molecule has 25 heavy (non-hydrogen) atoms. The van der Waals surface area contributed by atoms with E-state index < -0.39 is 0 Å². The summed E-state index contributed by atoms with van der Waals surface area (Å²) in [7, 11) is 1.82. The van der Waals surface area contributed by atoms with Crippen LogP contribution in [-0.2, 0) is 6.54 Å². The highest BCUT2D eigenvalue weighted by Crippen LogP contribution is 2.28. The molecule has 1 fully saturated rings. The number of aliphatic imine (C=N–C) groups is 1. The summed E-state index contributed by atoms with van der Waals surface area (Å²) in [5.74, 6) is 1.83. The Balaban J connectivity index is 1.38. The number of benzene rings is 1. The van der Waals surface area contributed by atoms with E-state index in [1.807, 2.05) is 19.2 Å². The molecule has 3 rings (SSSR count). The molecule has 0 bridgehead atoms. The molecule has 0 aliphatic heterocycles. The highest BCUT2D eigenvalue weighted by molar-refractivity contribution is 5.79. The van der Waals surface area contributed by atoms with Crippen LogP contribution in [-0.4, -0.2) is 34.3 Å². The lowest BCUT2D eigenvalue weighted by Crippen LogP contribution is -2.37. The highest BCUT2D eigenvalue weighted by Gasteiger charge is 2.13. The van der Waals surface area contributed by atoms with Gasteiger partial charge in [-0.2, -0.15) is 5.10 Å². The second-order valence-corrected chi connectivity index (χ2v) is 6.65. The molecular weight excluding hydrogens is 312 g/mol. The summed E-state index contributed by atoms with van der Waals surface area (Å²) in [4.78, 5) is 8.27. The maximum Gasteiger partial charge on any atom is 0.191 e. The lowest BCUT2D eigenvalue weighted by molar-refractivity contribution is 0.481. The topological polar surface area (TPSA) is 67.1 Å². The number of rotatable bonds is 7. The number of hydrogen-bond acceptors (Lipinski definition) is 3. The fourth-order valence-electron chi connectivity index (χ4n) is 3.41. The smallest absolute Gasteiger partial charge is 0.191 e. The third-order valence-corrected chi connectivity index (χ3v) is 4.86. The van der Waals surface area contributed by atoms with E-state index in [0.717, 1.165) is 30.7 Å². The van der Waals surface area contributed by atoms with Crippen LogP contribution < -0.4 is 10.6 Å². The van der Waals surface area contributed by atoms with Gasteiger partial charge in [-0.1, -0.05) is 37.8 Å². The Kier molecular flexibility index (Phi) is 6.42. The van der Waals surface area contributed by atoms with E-state index in [4.69, 9.17) is 0 Å². The molecule has 6 heteroatoms. The van der Waals surface area contributed by atoms with E-state index in [1.54, 1.807) is 11.0 Å². The molecule has 2 N–H and O–H groups in total. The quantitative estimate of drug-likeness (QED) is 0.462. The first-order chi connectivity index (χ1) is 12.3. The van der Waals surface area contributed by atoms with Gasteiger partial charge in [0.25, 0.3) is 0 Å². The second kappa shape index (κ2) is 9.20. The van der Waals surface area contributed by atoms with Crippen LogP contribution in [0.5, 0.6) is 0 Å². The molecule has 134 valence electrons. The zero-order valence-electron chi connectivity index (χ0n) is 15.0. The van der Waals surface area contributed by atoms with Gasteiger partial charge in [-0.05, 0) is 36.5 Å². The molecule has 0 unspecified atom stereocenters. The van der Waals surface area contributed by atoms with Gasteiger partial charge >= 0.3 is 0 Å². The van der Waals surface area contributed by atoms with Crippen LogP contribution >= 0.6 is 0 Å². The van der Waals surface area contributed by atoms with E-state index in [-0.39, 0.29) is 0 Å². The van der Waals surface area contributed by atoms with Crippen LogP contribution in [0.2, 0.25) is 0 Å².